The van der Waals surface area contributed by atoms with Gasteiger partial charge in [-0.3, -0.25) is 0 Å². The van der Waals surface area contributed by atoms with Crippen molar-refractivity contribution >= 4 is 10.9 Å². The van der Waals surface area contributed by atoms with Crippen LogP contribution in [-0.2, 0) is 6.42 Å². The van der Waals surface area contributed by atoms with Crippen molar-refractivity contribution in [2.45, 2.75) is 39.2 Å². The van der Waals surface area contributed by atoms with Crippen LogP contribution in [0, 0.1) is 6.92 Å². The normalized spacial score (nSPS) is 12.2. The van der Waals surface area contributed by atoms with E-state index in [2.05, 4.69) is 55.3 Å². The summed E-state index contributed by atoms with van der Waals surface area (Å²) in [5.74, 6) is 0. The number of H-pyrrole nitrogens is 1. The third-order valence-corrected chi connectivity index (χ3v) is 3.74. The van der Waals surface area contributed by atoms with Crippen LogP contribution >= 0.6 is 0 Å². The second-order valence-corrected chi connectivity index (χ2v) is 5.81. The topological polar surface area (TPSA) is 48.0 Å². The van der Waals surface area contributed by atoms with Crippen molar-refractivity contribution in [1.82, 2.24) is 10.3 Å². The Morgan fingerprint density at radius 2 is 2.00 bits per heavy atom. The lowest BCUT2D eigenvalue weighted by atomic mass is 10.0. The molecule has 1 aromatic heterocycles. The summed E-state index contributed by atoms with van der Waals surface area (Å²) in [6.07, 6.45) is 1.78. The van der Waals surface area contributed by atoms with Gasteiger partial charge in [0.15, 0.2) is 0 Å². The standard InChI is InChI=1S/C16H24N2O/c1-12-13(8-10-17-16(2,3)9-11-19)14-6-4-5-7-15(14)18-12/h4-7,17-19H,8-11H2,1-3H3. The predicted octanol–water partition coefficient (Wildman–Crippen LogP) is 2.77. The maximum atomic E-state index is 9.03. The second-order valence-electron chi connectivity index (χ2n) is 5.81. The van der Waals surface area contributed by atoms with E-state index >= 15 is 0 Å². The van der Waals surface area contributed by atoms with Crippen molar-refractivity contribution in [3.8, 4) is 0 Å². The molecular weight excluding hydrogens is 236 g/mol. The highest BCUT2D eigenvalue weighted by molar-refractivity contribution is 5.84. The second kappa shape index (κ2) is 5.76. The molecular formula is C16H24N2O. The molecule has 0 bridgehead atoms. The summed E-state index contributed by atoms with van der Waals surface area (Å²) in [5, 5.41) is 13.9. The van der Waals surface area contributed by atoms with Gasteiger partial charge in [-0.25, -0.2) is 0 Å². The summed E-state index contributed by atoms with van der Waals surface area (Å²) in [5.41, 5.74) is 3.85. The van der Waals surface area contributed by atoms with Gasteiger partial charge in [0.05, 0.1) is 0 Å². The largest absolute Gasteiger partial charge is 0.396 e. The summed E-state index contributed by atoms with van der Waals surface area (Å²) < 4.78 is 0. The quantitative estimate of drug-likeness (QED) is 0.748. The summed E-state index contributed by atoms with van der Waals surface area (Å²) in [6, 6.07) is 8.44. The molecule has 2 rings (SSSR count). The van der Waals surface area contributed by atoms with Crippen molar-refractivity contribution < 1.29 is 5.11 Å². The highest BCUT2D eigenvalue weighted by Gasteiger charge is 2.16. The Morgan fingerprint density at radius 1 is 1.26 bits per heavy atom. The number of aromatic amines is 1. The van der Waals surface area contributed by atoms with E-state index in [0.29, 0.717) is 0 Å². The third-order valence-electron chi connectivity index (χ3n) is 3.74. The molecule has 0 unspecified atom stereocenters. The lowest BCUT2D eigenvalue weighted by Gasteiger charge is -2.25. The monoisotopic (exact) mass is 260 g/mol. The van der Waals surface area contributed by atoms with Crippen LogP contribution in [0.5, 0.6) is 0 Å². The van der Waals surface area contributed by atoms with E-state index in [1.54, 1.807) is 0 Å². The Labute approximate surface area is 115 Å². The molecule has 0 fully saturated rings. The van der Waals surface area contributed by atoms with Gasteiger partial charge in [-0.2, -0.15) is 0 Å². The van der Waals surface area contributed by atoms with Gasteiger partial charge in [-0.05, 0) is 51.8 Å². The number of hydrogen-bond donors (Lipinski definition) is 3. The predicted molar refractivity (Wildman–Crippen MR) is 80.5 cm³/mol. The molecule has 1 aromatic carbocycles. The Bertz CT molecular complexity index is 543. The molecule has 3 heteroatoms. The fraction of sp³-hybridized carbons (Fsp3) is 0.500. The van der Waals surface area contributed by atoms with Crippen LogP contribution in [0.4, 0.5) is 0 Å². The molecule has 0 saturated carbocycles. The maximum Gasteiger partial charge on any atom is 0.0458 e. The molecule has 3 nitrogen and oxygen atoms in total. The average molecular weight is 260 g/mol. The zero-order chi connectivity index (χ0) is 13.9. The van der Waals surface area contributed by atoms with E-state index < -0.39 is 0 Å². The fourth-order valence-electron chi connectivity index (χ4n) is 2.55. The average Bonchev–Trinajstić information content (AvgIpc) is 2.66. The summed E-state index contributed by atoms with van der Waals surface area (Å²) >= 11 is 0. The van der Waals surface area contributed by atoms with Crippen LogP contribution < -0.4 is 5.32 Å². The number of aryl methyl sites for hydroxylation is 1. The van der Waals surface area contributed by atoms with E-state index in [1.807, 2.05) is 0 Å². The maximum absolute atomic E-state index is 9.03. The van der Waals surface area contributed by atoms with Gasteiger partial charge in [0, 0.05) is 28.7 Å². The van der Waals surface area contributed by atoms with Crippen LogP contribution in [0.1, 0.15) is 31.5 Å². The molecule has 2 aromatic rings. The number of para-hydroxylation sites is 1. The number of aromatic nitrogens is 1. The number of fused-ring (bicyclic) bond motifs is 1. The van der Waals surface area contributed by atoms with Crippen LogP contribution in [0.15, 0.2) is 24.3 Å². The Balaban J connectivity index is 2.04. The summed E-state index contributed by atoms with van der Waals surface area (Å²) in [7, 11) is 0. The number of nitrogens with one attached hydrogen (secondary N) is 2. The van der Waals surface area contributed by atoms with E-state index in [9.17, 15) is 0 Å². The van der Waals surface area contributed by atoms with Crippen LogP contribution in [-0.4, -0.2) is 28.8 Å². The van der Waals surface area contributed by atoms with Gasteiger partial charge in [-0.1, -0.05) is 18.2 Å². The van der Waals surface area contributed by atoms with Crippen LogP contribution in [0.3, 0.4) is 0 Å². The Morgan fingerprint density at radius 3 is 2.74 bits per heavy atom. The van der Waals surface area contributed by atoms with Gasteiger partial charge in [0.25, 0.3) is 0 Å². The van der Waals surface area contributed by atoms with E-state index in [0.717, 1.165) is 19.4 Å². The minimum atomic E-state index is -0.00519. The molecule has 0 aliphatic carbocycles. The molecule has 0 saturated heterocycles. The van der Waals surface area contributed by atoms with Crippen molar-refractivity contribution in [1.29, 1.82) is 0 Å². The number of aliphatic hydroxyl groups is 1. The first kappa shape index (κ1) is 14.1. The number of rotatable bonds is 6. The Hall–Kier alpha value is -1.32. The van der Waals surface area contributed by atoms with Crippen molar-refractivity contribution in [2.75, 3.05) is 13.2 Å². The molecule has 0 spiro atoms. The van der Waals surface area contributed by atoms with Gasteiger partial charge >= 0.3 is 0 Å². The molecule has 0 amide bonds. The summed E-state index contributed by atoms with van der Waals surface area (Å²) in [4.78, 5) is 3.43. The van der Waals surface area contributed by atoms with Gasteiger partial charge in [0.1, 0.15) is 0 Å². The molecule has 3 N–H and O–H groups in total. The van der Waals surface area contributed by atoms with Crippen molar-refractivity contribution in [2.24, 2.45) is 0 Å². The van der Waals surface area contributed by atoms with E-state index in [4.69, 9.17) is 5.11 Å². The van der Waals surface area contributed by atoms with Crippen molar-refractivity contribution in [3.63, 3.8) is 0 Å². The first-order valence-corrected chi connectivity index (χ1v) is 6.95. The molecule has 0 atom stereocenters. The first-order chi connectivity index (χ1) is 9.03. The molecule has 19 heavy (non-hydrogen) atoms. The minimum Gasteiger partial charge on any atom is -0.396 e. The SMILES string of the molecule is Cc1[nH]c2ccccc2c1CCNC(C)(C)CCO. The highest BCUT2D eigenvalue weighted by Crippen LogP contribution is 2.22. The minimum absolute atomic E-state index is 0.00519. The molecule has 0 aliphatic heterocycles. The number of hydrogen-bond acceptors (Lipinski definition) is 2. The zero-order valence-electron chi connectivity index (χ0n) is 12.1. The molecule has 1 heterocycles. The molecule has 104 valence electrons. The zero-order valence-corrected chi connectivity index (χ0v) is 12.1. The van der Waals surface area contributed by atoms with Crippen LogP contribution in [0.2, 0.25) is 0 Å². The first-order valence-electron chi connectivity index (χ1n) is 6.95. The lowest BCUT2D eigenvalue weighted by molar-refractivity contribution is 0.231. The lowest BCUT2D eigenvalue weighted by Crippen LogP contribution is -2.41. The fourth-order valence-corrected chi connectivity index (χ4v) is 2.55. The summed E-state index contributed by atoms with van der Waals surface area (Å²) in [6.45, 7) is 7.55. The van der Waals surface area contributed by atoms with E-state index in [1.165, 1.54) is 22.2 Å². The van der Waals surface area contributed by atoms with E-state index in [-0.39, 0.29) is 12.1 Å². The van der Waals surface area contributed by atoms with Crippen molar-refractivity contribution in [3.05, 3.63) is 35.5 Å². The smallest absolute Gasteiger partial charge is 0.0458 e. The van der Waals surface area contributed by atoms with Gasteiger partial charge in [0.2, 0.25) is 0 Å². The number of benzene rings is 1. The van der Waals surface area contributed by atoms with Gasteiger partial charge in [-0.15, -0.1) is 0 Å². The molecule has 0 aliphatic rings. The van der Waals surface area contributed by atoms with Crippen LogP contribution in [0.25, 0.3) is 10.9 Å². The highest BCUT2D eigenvalue weighted by atomic mass is 16.3. The molecule has 0 radical (unpaired) electrons. The van der Waals surface area contributed by atoms with Gasteiger partial charge < -0.3 is 15.4 Å². The third kappa shape index (κ3) is 3.37. The Kier molecular flexibility index (Phi) is 4.27. The number of aliphatic hydroxyl groups excluding tert-OH is 1.